The Morgan fingerprint density at radius 2 is 2.08 bits per heavy atom. The molecule has 0 radical (unpaired) electrons. The summed E-state index contributed by atoms with van der Waals surface area (Å²) in [4.78, 5) is 18.5. The average Bonchev–Trinajstić information content (AvgIpc) is 2.89. The van der Waals surface area contributed by atoms with Crippen LogP contribution in [0.3, 0.4) is 0 Å². The zero-order valence-corrected chi connectivity index (χ0v) is 13.6. The molecule has 2 heterocycles. The Morgan fingerprint density at radius 1 is 1.25 bits per heavy atom. The summed E-state index contributed by atoms with van der Waals surface area (Å²) in [5.41, 5.74) is -0.0672. The number of hydrogen-bond acceptors (Lipinski definition) is 4. The zero-order chi connectivity index (χ0) is 17.2. The number of nitrogens with one attached hydrogen (secondary N) is 1. The molecular formula is C16H16F3N3OS. The fraction of sp³-hybridized carbons (Fsp3) is 0.375. The molecule has 1 amide bonds. The molecule has 2 aromatic rings. The van der Waals surface area contributed by atoms with Crippen molar-refractivity contribution < 1.29 is 18.0 Å². The number of aromatic nitrogens is 1. The van der Waals surface area contributed by atoms with Gasteiger partial charge < -0.3 is 10.2 Å². The lowest BCUT2D eigenvalue weighted by molar-refractivity contribution is -0.137. The SMILES string of the molecule is O=C(c1csc(-c2cccc(C(F)(F)F)c2)n1)N1CCCNCC1. The van der Waals surface area contributed by atoms with Crippen molar-refractivity contribution in [3.8, 4) is 10.6 Å². The first-order valence-electron chi connectivity index (χ1n) is 7.58. The molecule has 1 aromatic carbocycles. The van der Waals surface area contributed by atoms with Gasteiger partial charge in [0.1, 0.15) is 10.7 Å². The molecule has 24 heavy (non-hydrogen) atoms. The van der Waals surface area contributed by atoms with Crippen LogP contribution in [0.25, 0.3) is 10.6 Å². The predicted octanol–water partition coefficient (Wildman–Crippen LogP) is 3.26. The van der Waals surface area contributed by atoms with Crippen molar-refractivity contribution in [2.45, 2.75) is 12.6 Å². The van der Waals surface area contributed by atoms with Gasteiger partial charge >= 0.3 is 6.18 Å². The maximum absolute atomic E-state index is 12.8. The second-order valence-electron chi connectivity index (χ2n) is 5.51. The largest absolute Gasteiger partial charge is 0.416 e. The molecule has 1 aliphatic rings. The summed E-state index contributed by atoms with van der Waals surface area (Å²) < 4.78 is 38.4. The van der Waals surface area contributed by atoms with Crippen molar-refractivity contribution in [2.24, 2.45) is 0 Å². The van der Waals surface area contributed by atoms with Gasteiger partial charge in [-0.3, -0.25) is 4.79 Å². The average molecular weight is 355 g/mol. The van der Waals surface area contributed by atoms with Crippen molar-refractivity contribution in [3.05, 3.63) is 40.9 Å². The van der Waals surface area contributed by atoms with Gasteiger partial charge in [0.2, 0.25) is 0 Å². The van der Waals surface area contributed by atoms with Gasteiger partial charge in [0.15, 0.2) is 0 Å². The van der Waals surface area contributed by atoms with Crippen molar-refractivity contribution in [3.63, 3.8) is 0 Å². The number of amides is 1. The van der Waals surface area contributed by atoms with Gasteiger partial charge in [0.25, 0.3) is 5.91 Å². The van der Waals surface area contributed by atoms with Gasteiger partial charge in [0, 0.05) is 30.6 Å². The van der Waals surface area contributed by atoms with Gasteiger partial charge in [-0.15, -0.1) is 11.3 Å². The van der Waals surface area contributed by atoms with E-state index in [4.69, 9.17) is 0 Å². The molecule has 0 atom stereocenters. The first-order chi connectivity index (χ1) is 11.4. The molecule has 0 aliphatic carbocycles. The number of nitrogens with zero attached hydrogens (tertiary/aromatic N) is 2. The van der Waals surface area contributed by atoms with E-state index in [1.807, 2.05) is 0 Å². The Kier molecular flexibility index (Phi) is 4.86. The third kappa shape index (κ3) is 3.76. The van der Waals surface area contributed by atoms with Crippen LogP contribution in [0.4, 0.5) is 13.2 Å². The predicted molar refractivity (Wildman–Crippen MR) is 85.9 cm³/mol. The lowest BCUT2D eigenvalue weighted by Gasteiger charge is -2.18. The lowest BCUT2D eigenvalue weighted by atomic mass is 10.1. The van der Waals surface area contributed by atoms with E-state index in [0.29, 0.717) is 23.7 Å². The van der Waals surface area contributed by atoms with Crippen LogP contribution < -0.4 is 5.32 Å². The molecule has 0 saturated carbocycles. The Hall–Kier alpha value is -1.93. The summed E-state index contributed by atoms with van der Waals surface area (Å²) in [5, 5.41) is 5.24. The van der Waals surface area contributed by atoms with Crippen LogP contribution in [-0.4, -0.2) is 42.0 Å². The van der Waals surface area contributed by atoms with Gasteiger partial charge in [0.05, 0.1) is 5.56 Å². The summed E-state index contributed by atoms with van der Waals surface area (Å²) >= 11 is 1.18. The molecular weight excluding hydrogens is 339 g/mol. The molecule has 1 fully saturated rings. The fourth-order valence-electron chi connectivity index (χ4n) is 2.54. The summed E-state index contributed by atoms with van der Waals surface area (Å²) in [5.74, 6) is -0.173. The topological polar surface area (TPSA) is 45.2 Å². The van der Waals surface area contributed by atoms with Gasteiger partial charge in [-0.25, -0.2) is 4.98 Å². The lowest BCUT2D eigenvalue weighted by Crippen LogP contribution is -2.34. The molecule has 128 valence electrons. The second-order valence-corrected chi connectivity index (χ2v) is 6.37. The highest BCUT2D eigenvalue weighted by atomic mass is 32.1. The number of rotatable bonds is 2. The number of thiazole rings is 1. The van der Waals surface area contributed by atoms with Crippen LogP contribution in [-0.2, 0) is 6.18 Å². The van der Waals surface area contributed by atoms with Crippen LogP contribution >= 0.6 is 11.3 Å². The van der Waals surface area contributed by atoms with Crippen LogP contribution in [0.5, 0.6) is 0 Å². The first-order valence-corrected chi connectivity index (χ1v) is 8.46. The van der Waals surface area contributed by atoms with E-state index in [1.54, 1.807) is 16.3 Å². The maximum atomic E-state index is 12.8. The summed E-state index contributed by atoms with van der Waals surface area (Å²) in [6.45, 7) is 2.87. The van der Waals surface area contributed by atoms with E-state index in [9.17, 15) is 18.0 Å². The van der Waals surface area contributed by atoms with E-state index in [-0.39, 0.29) is 11.6 Å². The van der Waals surface area contributed by atoms with E-state index in [1.165, 1.54) is 17.4 Å². The highest BCUT2D eigenvalue weighted by Gasteiger charge is 2.30. The first kappa shape index (κ1) is 16.9. The van der Waals surface area contributed by atoms with E-state index in [2.05, 4.69) is 10.3 Å². The normalized spacial score (nSPS) is 16.0. The summed E-state index contributed by atoms with van der Waals surface area (Å²) in [6.07, 6.45) is -3.53. The molecule has 1 N–H and O–H groups in total. The van der Waals surface area contributed by atoms with Gasteiger partial charge in [-0.1, -0.05) is 12.1 Å². The van der Waals surface area contributed by atoms with Crippen LogP contribution in [0.2, 0.25) is 0 Å². The number of carbonyl (C=O) groups is 1. The smallest absolute Gasteiger partial charge is 0.336 e. The van der Waals surface area contributed by atoms with Crippen molar-refractivity contribution >= 4 is 17.2 Å². The number of alkyl halides is 3. The fourth-order valence-corrected chi connectivity index (χ4v) is 3.33. The highest BCUT2D eigenvalue weighted by molar-refractivity contribution is 7.13. The monoisotopic (exact) mass is 355 g/mol. The molecule has 8 heteroatoms. The number of hydrogen-bond donors (Lipinski definition) is 1. The number of halogens is 3. The van der Waals surface area contributed by atoms with Gasteiger partial charge in [-0.2, -0.15) is 13.2 Å². The second kappa shape index (κ2) is 6.90. The van der Waals surface area contributed by atoms with Crippen molar-refractivity contribution in [1.29, 1.82) is 0 Å². The molecule has 1 aliphatic heterocycles. The molecule has 1 aromatic heterocycles. The van der Waals surface area contributed by atoms with Crippen molar-refractivity contribution in [1.82, 2.24) is 15.2 Å². The number of benzene rings is 1. The zero-order valence-electron chi connectivity index (χ0n) is 12.8. The van der Waals surface area contributed by atoms with Crippen LogP contribution in [0.1, 0.15) is 22.5 Å². The summed E-state index contributed by atoms with van der Waals surface area (Å²) in [7, 11) is 0. The minimum Gasteiger partial charge on any atom is -0.336 e. The molecule has 3 rings (SSSR count). The molecule has 0 spiro atoms. The Balaban J connectivity index is 1.81. The van der Waals surface area contributed by atoms with Crippen molar-refractivity contribution in [2.75, 3.05) is 26.2 Å². The standard InChI is InChI=1S/C16H16F3N3OS/c17-16(18,19)12-4-1-3-11(9-12)14-21-13(10-24-14)15(23)22-7-2-5-20-6-8-22/h1,3-4,9-10,20H,2,5-8H2. The van der Waals surface area contributed by atoms with E-state index in [0.717, 1.165) is 31.6 Å². The molecule has 0 bridgehead atoms. The Morgan fingerprint density at radius 3 is 2.88 bits per heavy atom. The van der Waals surface area contributed by atoms with Gasteiger partial charge in [-0.05, 0) is 25.1 Å². The van der Waals surface area contributed by atoms with E-state index >= 15 is 0 Å². The Labute approximate surface area is 141 Å². The maximum Gasteiger partial charge on any atom is 0.416 e. The minimum atomic E-state index is -4.40. The quantitative estimate of drug-likeness (QED) is 0.899. The molecule has 1 saturated heterocycles. The minimum absolute atomic E-state index is 0.173. The third-order valence-electron chi connectivity index (χ3n) is 3.79. The summed E-state index contributed by atoms with van der Waals surface area (Å²) in [6, 6.07) is 5.00. The van der Waals surface area contributed by atoms with Crippen LogP contribution in [0, 0.1) is 0 Å². The number of carbonyl (C=O) groups excluding carboxylic acids is 1. The van der Waals surface area contributed by atoms with E-state index < -0.39 is 11.7 Å². The highest BCUT2D eigenvalue weighted by Crippen LogP contribution is 2.33. The molecule has 0 unspecified atom stereocenters. The van der Waals surface area contributed by atoms with Crippen LogP contribution in [0.15, 0.2) is 29.6 Å². The third-order valence-corrected chi connectivity index (χ3v) is 4.68. The molecule has 4 nitrogen and oxygen atoms in total. The Bertz CT molecular complexity index is 721.